The zero-order valence-electron chi connectivity index (χ0n) is 8.52. The van der Waals surface area contributed by atoms with Crippen molar-refractivity contribution in [1.82, 2.24) is 5.32 Å². The van der Waals surface area contributed by atoms with Gasteiger partial charge in [-0.3, -0.25) is 4.79 Å². The summed E-state index contributed by atoms with van der Waals surface area (Å²) in [7, 11) is 0. The van der Waals surface area contributed by atoms with Gasteiger partial charge in [0.15, 0.2) is 5.78 Å². The topological polar surface area (TPSA) is 29.1 Å². The molecule has 0 heterocycles. The third-order valence-corrected chi connectivity index (χ3v) is 2.78. The molecule has 4 heteroatoms. The number of carbonyl (C=O) groups excluding carboxylic acids is 1. The smallest absolute Gasteiger partial charge is 0.178 e. The minimum Gasteiger partial charge on any atom is -0.310 e. The Labute approximate surface area is 99.6 Å². The molecule has 82 valence electrons. The van der Waals surface area contributed by atoms with Crippen molar-refractivity contribution >= 4 is 29.0 Å². The van der Waals surface area contributed by atoms with Gasteiger partial charge in [0.1, 0.15) is 0 Å². The fourth-order valence-corrected chi connectivity index (χ4v) is 1.60. The first-order valence-electron chi connectivity index (χ1n) is 4.84. The number of ketones is 1. The van der Waals surface area contributed by atoms with E-state index >= 15 is 0 Å². The first kappa shape index (κ1) is 12.5. The summed E-state index contributed by atoms with van der Waals surface area (Å²) in [5.41, 5.74) is 0.479. The summed E-state index contributed by atoms with van der Waals surface area (Å²) in [6.07, 6.45) is 0.997. The number of benzene rings is 1. The van der Waals surface area contributed by atoms with Crippen LogP contribution in [0.5, 0.6) is 0 Å². The standard InChI is InChI=1S/C11H13Cl2NO/c1-2-6-14-7-10(15)8-4-3-5-9(12)11(8)13/h3-5,14H,2,6-7H2,1H3. The first-order valence-corrected chi connectivity index (χ1v) is 5.60. The lowest BCUT2D eigenvalue weighted by molar-refractivity contribution is 0.0991. The maximum Gasteiger partial charge on any atom is 0.178 e. The van der Waals surface area contributed by atoms with E-state index in [0.29, 0.717) is 22.2 Å². The summed E-state index contributed by atoms with van der Waals surface area (Å²) in [6, 6.07) is 5.07. The number of hydrogen-bond donors (Lipinski definition) is 1. The van der Waals surface area contributed by atoms with Crippen molar-refractivity contribution in [2.45, 2.75) is 13.3 Å². The molecule has 0 fully saturated rings. The van der Waals surface area contributed by atoms with Gasteiger partial charge < -0.3 is 5.32 Å². The maximum absolute atomic E-state index is 11.7. The van der Waals surface area contributed by atoms with E-state index < -0.39 is 0 Å². The Hall–Kier alpha value is -0.570. The predicted octanol–water partition coefficient (Wildman–Crippen LogP) is 3.18. The average molecular weight is 246 g/mol. The van der Waals surface area contributed by atoms with Crippen LogP contribution in [0.4, 0.5) is 0 Å². The van der Waals surface area contributed by atoms with Gasteiger partial charge in [-0.05, 0) is 25.1 Å². The molecule has 0 radical (unpaired) electrons. The second-order valence-electron chi connectivity index (χ2n) is 3.20. The van der Waals surface area contributed by atoms with Crippen LogP contribution in [-0.4, -0.2) is 18.9 Å². The lowest BCUT2D eigenvalue weighted by Gasteiger charge is -2.05. The summed E-state index contributed by atoms with van der Waals surface area (Å²) >= 11 is 11.7. The van der Waals surface area contributed by atoms with Gasteiger partial charge in [-0.25, -0.2) is 0 Å². The van der Waals surface area contributed by atoms with Crippen LogP contribution < -0.4 is 5.32 Å². The van der Waals surface area contributed by atoms with Crippen molar-refractivity contribution < 1.29 is 4.79 Å². The summed E-state index contributed by atoms with van der Waals surface area (Å²) < 4.78 is 0. The quantitative estimate of drug-likeness (QED) is 0.638. The van der Waals surface area contributed by atoms with Crippen molar-refractivity contribution in [3.8, 4) is 0 Å². The highest BCUT2D eigenvalue weighted by atomic mass is 35.5. The largest absolute Gasteiger partial charge is 0.310 e. The Bertz CT molecular complexity index is 352. The number of halogens is 2. The molecule has 0 saturated heterocycles. The van der Waals surface area contributed by atoms with Crippen LogP contribution in [0, 0.1) is 0 Å². The predicted molar refractivity (Wildman–Crippen MR) is 64.0 cm³/mol. The molecule has 15 heavy (non-hydrogen) atoms. The van der Waals surface area contributed by atoms with E-state index in [9.17, 15) is 4.79 Å². The van der Waals surface area contributed by atoms with Crippen LogP contribution >= 0.6 is 23.2 Å². The van der Waals surface area contributed by atoms with E-state index in [1.807, 2.05) is 6.92 Å². The summed E-state index contributed by atoms with van der Waals surface area (Å²) in [6.45, 7) is 3.17. The minimum absolute atomic E-state index is 0.0315. The molecule has 1 N–H and O–H groups in total. The second-order valence-corrected chi connectivity index (χ2v) is 3.99. The van der Waals surface area contributed by atoms with Gasteiger partial charge in [-0.15, -0.1) is 0 Å². The van der Waals surface area contributed by atoms with Gasteiger partial charge in [0.05, 0.1) is 16.6 Å². The highest BCUT2D eigenvalue weighted by molar-refractivity contribution is 6.43. The summed E-state index contributed by atoms with van der Waals surface area (Å²) in [5.74, 6) is -0.0315. The van der Waals surface area contributed by atoms with E-state index in [0.717, 1.165) is 13.0 Å². The highest BCUT2D eigenvalue weighted by Gasteiger charge is 2.11. The molecular weight excluding hydrogens is 233 g/mol. The number of rotatable bonds is 5. The zero-order valence-corrected chi connectivity index (χ0v) is 10.0. The molecule has 0 aliphatic heterocycles. The van der Waals surface area contributed by atoms with Crippen molar-refractivity contribution in [2.24, 2.45) is 0 Å². The number of hydrogen-bond acceptors (Lipinski definition) is 2. The third-order valence-electron chi connectivity index (χ3n) is 1.96. The molecule has 0 aliphatic rings. The van der Waals surface area contributed by atoms with E-state index in [4.69, 9.17) is 23.2 Å². The zero-order chi connectivity index (χ0) is 11.3. The van der Waals surface area contributed by atoms with Crippen molar-refractivity contribution in [3.05, 3.63) is 33.8 Å². The molecule has 0 bridgehead atoms. The number of nitrogens with one attached hydrogen (secondary N) is 1. The second kappa shape index (κ2) is 6.11. The van der Waals surface area contributed by atoms with Crippen molar-refractivity contribution in [3.63, 3.8) is 0 Å². The Morgan fingerprint density at radius 1 is 1.40 bits per heavy atom. The molecule has 1 rings (SSSR count). The van der Waals surface area contributed by atoms with E-state index in [1.54, 1.807) is 18.2 Å². The SMILES string of the molecule is CCCNCC(=O)c1cccc(Cl)c1Cl. The van der Waals surface area contributed by atoms with E-state index in [2.05, 4.69) is 5.32 Å². The lowest BCUT2D eigenvalue weighted by atomic mass is 10.1. The molecule has 1 aromatic rings. The highest BCUT2D eigenvalue weighted by Crippen LogP contribution is 2.25. The van der Waals surface area contributed by atoms with Crippen LogP contribution in [-0.2, 0) is 0 Å². The van der Waals surface area contributed by atoms with Gasteiger partial charge in [0.25, 0.3) is 0 Å². The van der Waals surface area contributed by atoms with Gasteiger partial charge >= 0.3 is 0 Å². The Morgan fingerprint density at radius 2 is 2.13 bits per heavy atom. The van der Waals surface area contributed by atoms with Crippen LogP contribution in [0.2, 0.25) is 10.0 Å². The van der Waals surface area contributed by atoms with Crippen molar-refractivity contribution in [1.29, 1.82) is 0 Å². The van der Waals surface area contributed by atoms with Crippen LogP contribution in [0.1, 0.15) is 23.7 Å². The van der Waals surface area contributed by atoms with Gasteiger partial charge in [0, 0.05) is 5.56 Å². The molecule has 0 aromatic heterocycles. The fourth-order valence-electron chi connectivity index (χ4n) is 1.19. The maximum atomic E-state index is 11.7. The molecule has 0 unspecified atom stereocenters. The van der Waals surface area contributed by atoms with Crippen LogP contribution in [0.3, 0.4) is 0 Å². The first-order chi connectivity index (χ1) is 7.16. The van der Waals surface area contributed by atoms with Gasteiger partial charge in [-0.1, -0.05) is 36.2 Å². The number of carbonyl (C=O) groups is 1. The summed E-state index contributed by atoms with van der Waals surface area (Å²) in [4.78, 5) is 11.7. The Morgan fingerprint density at radius 3 is 2.80 bits per heavy atom. The molecule has 1 aromatic carbocycles. The average Bonchev–Trinajstić information content (AvgIpc) is 2.22. The molecule has 0 spiro atoms. The van der Waals surface area contributed by atoms with E-state index in [-0.39, 0.29) is 5.78 Å². The van der Waals surface area contributed by atoms with Gasteiger partial charge in [-0.2, -0.15) is 0 Å². The van der Waals surface area contributed by atoms with Crippen LogP contribution in [0.25, 0.3) is 0 Å². The Kier molecular flexibility index (Phi) is 5.09. The molecule has 0 aliphatic carbocycles. The number of Topliss-reactive ketones (excluding diaryl/α,β-unsaturated/α-hetero) is 1. The molecule has 0 saturated carbocycles. The van der Waals surface area contributed by atoms with E-state index in [1.165, 1.54) is 0 Å². The van der Waals surface area contributed by atoms with Crippen LogP contribution in [0.15, 0.2) is 18.2 Å². The monoisotopic (exact) mass is 245 g/mol. The molecule has 0 atom stereocenters. The van der Waals surface area contributed by atoms with Crippen molar-refractivity contribution in [2.75, 3.05) is 13.1 Å². The molecule has 0 amide bonds. The van der Waals surface area contributed by atoms with Gasteiger partial charge in [0.2, 0.25) is 0 Å². The fraction of sp³-hybridized carbons (Fsp3) is 0.364. The minimum atomic E-state index is -0.0315. The Balaban J connectivity index is 2.69. The molecule has 2 nitrogen and oxygen atoms in total. The lowest BCUT2D eigenvalue weighted by Crippen LogP contribution is -2.23. The normalized spacial score (nSPS) is 10.3. The summed E-state index contributed by atoms with van der Waals surface area (Å²) in [5, 5.41) is 3.78. The molecular formula is C11H13Cl2NO. The third kappa shape index (κ3) is 3.49.